The highest BCUT2D eigenvalue weighted by Crippen LogP contribution is 2.44. The van der Waals surface area contributed by atoms with Crippen LogP contribution in [0.5, 0.6) is 0 Å². The van der Waals surface area contributed by atoms with E-state index in [0.717, 1.165) is 13.1 Å². The first kappa shape index (κ1) is 13.3. The molecule has 3 nitrogen and oxygen atoms in total. The standard InChI is InChI=1S/C18H25N3/c1-3-8-18(9-10-19-12-18)17-20-15-11-13(2)4-7-16(15)21(17)14-5-6-14/h4,7,11,14,19H,3,5-6,8-10,12H2,1-2H3. The Morgan fingerprint density at radius 3 is 2.90 bits per heavy atom. The molecule has 1 aliphatic heterocycles. The maximum absolute atomic E-state index is 5.13. The Morgan fingerprint density at radius 1 is 1.38 bits per heavy atom. The van der Waals surface area contributed by atoms with Gasteiger partial charge in [-0.15, -0.1) is 0 Å². The van der Waals surface area contributed by atoms with Crippen molar-refractivity contribution in [2.45, 2.75) is 57.4 Å². The number of aromatic nitrogens is 2. The van der Waals surface area contributed by atoms with Crippen molar-refractivity contribution >= 4 is 11.0 Å². The fraction of sp³-hybridized carbons (Fsp3) is 0.611. The fourth-order valence-corrected chi connectivity index (χ4v) is 4.02. The summed E-state index contributed by atoms with van der Waals surface area (Å²) < 4.78 is 2.58. The molecule has 0 bridgehead atoms. The lowest BCUT2D eigenvalue weighted by Gasteiger charge is -2.28. The second kappa shape index (κ2) is 4.84. The monoisotopic (exact) mass is 283 g/mol. The van der Waals surface area contributed by atoms with E-state index in [4.69, 9.17) is 4.98 Å². The summed E-state index contributed by atoms with van der Waals surface area (Å²) in [4.78, 5) is 5.13. The first-order chi connectivity index (χ1) is 10.2. The molecule has 1 saturated carbocycles. The lowest BCUT2D eigenvalue weighted by molar-refractivity contribution is 0.386. The Hall–Kier alpha value is -1.35. The Kier molecular flexibility index (Phi) is 3.07. The SMILES string of the molecule is CCCC1(c2nc3cc(C)ccc3n2C2CC2)CCNC1. The number of rotatable bonds is 4. The zero-order chi connectivity index (χ0) is 14.4. The van der Waals surface area contributed by atoms with E-state index >= 15 is 0 Å². The summed E-state index contributed by atoms with van der Waals surface area (Å²) in [6, 6.07) is 7.45. The van der Waals surface area contributed by atoms with Crippen LogP contribution in [0.1, 0.15) is 56.5 Å². The number of hydrogen-bond donors (Lipinski definition) is 1. The van der Waals surface area contributed by atoms with Crippen LogP contribution < -0.4 is 5.32 Å². The van der Waals surface area contributed by atoms with E-state index in [2.05, 4.69) is 41.9 Å². The van der Waals surface area contributed by atoms with Gasteiger partial charge in [0.2, 0.25) is 0 Å². The van der Waals surface area contributed by atoms with Crippen molar-refractivity contribution in [2.24, 2.45) is 0 Å². The van der Waals surface area contributed by atoms with Crippen LogP contribution in [-0.2, 0) is 5.41 Å². The highest BCUT2D eigenvalue weighted by molar-refractivity contribution is 5.77. The lowest BCUT2D eigenvalue weighted by atomic mass is 9.81. The molecule has 1 N–H and O–H groups in total. The van der Waals surface area contributed by atoms with Gasteiger partial charge in [-0.1, -0.05) is 19.4 Å². The van der Waals surface area contributed by atoms with Crippen LogP contribution in [0.3, 0.4) is 0 Å². The number of imidazole rings is 1. The summed E-state index contributed by atoms with van der Waals surface area (Å²) in [6.45, 7) is 6.69. The quantitative estimate of drug-likeness (QED) is 0.927. The summed E-state index contributed by atoms with van der Waals surface area (Å²) in [5.41, 5.74) is 4.10. The van der Waals surface area contributed by atoms with E-state index in [9.17, 15) is 0 Å². The van der Waals surface area contributed by atoms with E-state index in [-0.39, 0.29) is 5.41 Å². The molecule has 1 unspecified atom stereocenters. The third-order valence-electron chi connectivity index (χ3n) is 5.20. The molecular formula is C18H25N3. The molecule has 21 heavy (non-hydrogen) atoms. The summed E-state index contributed by atoms with van der Waals surface area (Å²) in [5.74, 6) is 1.36. The largest absolute Gasteiger partial charge is 0.324 e. The molecular weight excluding hydrogens is 258 g/mol. The van der Waals surface area contributed by atoms with Gasteiger partial charge in [-0.2, -0.15) is 0 Å². The molecule has 2 fully saturated rings. The van der Waals surface area contributed by atoms with Crippen LogP contribution in [0, 0.1) is 6.92 Å². The molecule has 1 aromatic heterocycles. The van der Waals surface area contributed by atoms with E-state index < -0.39 is 0 Å². The molecule has 0 amide bonds. The van der Waals surface area contributed by atoms with E-state index in [1.807, 2.05) is 0 Å². The van der Waals surface area contributed by atoms with Crippen molar-refractivity contribution < 1.29 is 0 Å². The summed E-state index contributed by atoms with van der Waals surface area (Å²) in [6.07, 6.45) is 6.35. The second-order valence-electron chi connectivity index (χ2n) is 6.99. The molecule has 2 aromatic rings. The number of aryl methyl sites for hydroxylation is 1. The summed E-state index contributed by atoms with van der Waals surface area (Å²) in [5, 5.41) is 3.59. The second-order valence-corrected chi connectivity index (χ2v) is 6.99. The van der Waals surface area contributed by atoms with E-state index in [1.165, 1.54) is 54.5 Å². The zero-order valence-corrected chi connectivity index (χ0v) is 13.2. The molecule has 0 radical (unpaired) electrons. The van der Waals surface area contributed by atoms with E-state index in [0.29, 0.717) is 6.04 Å². The molecule has 1 atom stereocenters. The molecule has 3 heteroatoms. The minimum absolute atomic E-state index is 0.254. The molecule has 1 aromatic carbocycles. The number of benzene rings is 1. The van der Waals surface area contributed by atoms with Crippen molar-refractivity contribution in [3.63, 3.8) is 0 Å². The van der Waals surface area contributed by atoms with Gasteiger partial charge in [-0.05, 0) is 56.8 Å². The van der Waals surface area contributed by atoms with E-state index in [1.54, 1.807) is 0 Å². The average Bonchev–Trinajstić information content (AvgIpc) is 3.07. The molecule has 0 spiro atoms. The van der Waals surface area contributed by atoms with Crippen LogP contribution >= 0.6 is 0 Å². The zero-order valence-electron chi connectivity index (χ0n) is 13.2. The normalized spacial score (nSPS) is 25.8. The van der Waals surface area contributed by atoms with Crippen molar-refractivity contribution in [3.8, 4) is 0 Å². The topological polar surface area (TPSA) is 29.9 Å². The van der Waals surface area contributed by atoms with Gasteiger partial charge in [0.05, 0.1) is 11.0 Å². The van der Waals surface area contributed by atoms with Crippen LogP contribution in [0.4, 0.5) is 0 Å². The summed E-state index contributed by atoms with van der Waals surface area (Å²) >= 11 is 0. The highest BCUT2D eigenvalue weighted by Gasteiger charge is 2.41. The van der Waals surface area contributed by atoms with Crippen molar-refractivity contribution in [1.82, 2.24) is 14.9 Å². The number of hydrogen-bond acceptors (Lipinski definition) is 2. The van der Waals surface area contributed by atoms with Gasteiger partial charge in [0.25, 0.3) is 0 Å². The third kappa shape index (κ3) is 2.10. The van der Waals surface area contributed by atoms with Gasteiger partial charge in [0.15, 0.2) is 0 Å². The van der Waals surface area contributed by atoms with Gasteiger partial charge in [-0.3, -0.25) is 0 Å². The average molecular weight is 283 g/mol. The minimum Gasteiger partial charge on any atom is -0.324 e. The predicted octanol–water partition coefficient (Wildman–Crippen LogP) is 3.71. The molecule has 1 aliphatic carbocycles. The minimum atomic E-state index is 0.254. The Labute approximate surface area is 126 Å². The lowest BCUT2D eigenvalue weighted by Crippen LogP contribution is -2.32. The van der Waals surface area contributed by atoms with Gasteiger partial charge < -0.3 is 9.88 Å². The Balaban J connectivity index is 1.92. The molecule has 1 saturated heterocycles. The first-order valence-electron chi connectivity index (χ1n) is 8.43. The van der Waals surface area contributed by atoms with Gasteiger partial charge in [0.1, 0.15) is 5.82 Å². The summed E-state index contributed by atoms with van der Waals surface area (Å²) in [7, 11) is 0. The van der Waals surface area contributed by atoms with Crippen LogP contribution in [0.25, 0.3) is 11.0 Å². The maximum Gasteiger partial charge on any atom is 0.117 e. The predicted molar refractivity (Wildman–Crippen MR) is 86.8 cm³/mol. The van der Waals surface area contributed by atoms with Crippen LogP contribution in [0.15, 0.2) is 18.2 Å². The van der Waals surface area contributed by atoms with Crippen LogP contribution in [0.2, 0.25) is 0 Å². The Morgan fingerprint density at radius 2 is 2.24 bits per heavy atom. The number of nitrogens with one attached hydrogen (secondary N) is 1. The van der Waals surface area contributed by atoms with Gasteiger partial charge >= 0.3 is 0 Å². The Bertz CT molecular complexity index is 660. The van der Waals surface area contributed by atoms with Crippen molar-refractivity contribution in [1.29, 1.82) is 0 Å². The highest BCUT2D eigenvalue weighted by atomic mass is 15.2. The van der Waals surface area contributed by atoms with Gasteiger partial charge in [-0.25, -0.2) is 4.98 Å². The fourth-order valence-electron chi connectivity index (χ4n) is 4.02. The smallest absolute Gasteiger partial charge is 0.117 e. The third-order valence-corrected chi connectivity index (χ3v) is 5.20. The van der Waals surface area contributed by atoms with Crippen molar-refractivity contribution in [2.75, 3.05) is 13.1 Å². The first-order valence-corrected chi connectivity index (χ1v) is 8.43. The molecule has 112 valence electrons. The number of fused-ring (bicyclic) bond motifs is 1. The van der Waals surface area contributed by atoms with Crippen LogP contribution in [-0.4, -0.2) is 22.6 Å². The molecule has 2 aliphatic rings. The van der Waals surface area contributed by atoms with Gasteiger partial charge in [0, 0.05) is 18.0 Å². The number of nitrogens with zero attached hydrogens (tertiary/aromatic N) is 2. The molecule has 4 rings (SSSR count). The van der Waals surface area contributed by atoms with Crippen molar-refractivity contribution in [3.05, 3.63) is 29.6 Å². The molecule has 2 heterocycles. The maximum atomic E-state index is 5.13.